The summed E-state index contributed by atoms with van der Waals surface area (Å²) in [7, 11) is 1.54. The molecule has 2 aromatic carbocycles. The van der Waals surface area contributed by atoms with E-state index in [1.54, 1.807) is 24.3 Å². The highest BCUT2D eigenvalue weighted by atomic mass is 35.5. The number of benzene rings is 2. The molecule has 6 nitrogen and oxygen atoms in total. The highest BCUT2D eigenvalue weighted by Gasteiger charge is 2.40. The first-order chi connectivity index (χ1) is 12.9. The molecular weight excluding hydrogens is 373 g/mol. The van der Waals surface area contributed by atoms with Gasteiger partial charge in [-0.15, -0.1) is 0 Å². The smallest absolute Gasteiger partial charge is 0.319 e. The van der Waals surface area contributed by atoms with Crippen LogP contribution in [0.2, 0.25) is 5.02 Å². The summed E-state index contributed by atoms with van der Waals surface area (Å²) < 4.78 is 19.5. The van der Waals surface area contributed by atoms with E-state index in [1.165, 1.54) is 25.3 Å². The van der Waals surface area contributed by atoms with Crippen molar-refractivity contribution >= 4 is 29.2 Å². The number of halogens is 2. The van der Waals surface area contributed by atoms with Crippen molar-refractivity contribution in [3.8, 4) is 5.75 Å². The van der Waals surface area contributed by atoms with Crippen molar-refractivity contribution in [2.24, 2.45) is 5.92 Å². The summed E-state index contributed by atoms with van der Waals surface area (Å²) in [6.07, 6.45) is 0. The molecule has 1 saturated heterocycles. The number of hydrogen-bond acceptors (Lipinski definition) is 3. The molecule has 0 saturated carbocycles. The van der Waals surface area contributed by atoms with E-state index < -0.39 is 29.7 Å². The molecule has 1 aliphatic rings. The van der Waals surface area contributed by atoms with Crippen LogP contribution < -0.4 is 20.7 Å². The lowest BCUT2D eigenvalue weighted by Gasteiger charge is -2.34. The third kappa shape index (κ3) is 3.88. The standard InChI is InChI=1S/C19H17ClFN3O3/c1-10-15(18(25)23-11-6-8-12(27-2)9-7-11)17(24-19(26)22-10)16-13(20)4-3-5-14(16)21/h3-9,15,17H,1H2,2H3,(H,23,25)(H2,22,24,26)/t15-,17-/m1/s1. The van der Waals surface area contributed by atoms with Crippen molar-refractivity contribution in [3.63, 3.8) is 0 Å². The van der Waals surface area contributed by atoms with E-state index in [1.807, 2.05) is 0 Å². The summed E-state index contributed by atoms with van der Waals surface area (Å²) in [5.74, 6) is -1.43. The fraction of sp³-hybridized carbons (Fsp3) is 0.158. The molecule has 0 unspecified atom stereocenters. The molecule has 3 N–H and O–H groups in total. The molecule has 1 fully saturated rings. The predicted molar refractivity (Wildman–Crippen MR) is 100 cm³/mol. The molecule has 3 rings (SSSR count). The second kappa shape index (κ2) is 7.67. The van der Waals surface area contributed by atoms with Gasteiger partial charge in [-0.05, 0) is 36.4 Å². The second-order valence-corrected chi connectivity index (χ2v) is 6.34. The number of anilines is 1. The number of methoxy groups -OCH3 is 1. The quantitative estimate of drug-likeness (QED) is 0.747. The van der Waals surface area contributed by atoms with Gasteiger partial charge < -0.3 is 20.7 Å². The van der Waals surface area contributed by atoms with Crippen LogP contribution in [-0.2, 0) is 4.79 Å². The monoisotopic (exact) mass is 389 g/mol. The van der Waals surface area contributed by atoms with Gasteiger partial charge in [0.15, 0.2) is 0 Å². The summed E-state index contributed by atoms with van der Waals surface area (Å²) in [4.78, 5) is 24.8. The number of carbonyl (C=O) groups excluding carboxylic acids is 2. The Balaban J connectivity index is 1.92. The Morgan fingerprint density at radius 2 is 1.96 bits per heavy atom. The van der Waals surface area contributed by atoms with Gasteiger partial charge in [0.1, 0.15) is 17.5 Å². The average Bonchev–Trinajstić information content (AvgIpc) is 2.61. The summed E-state index contributed by atoms with van der Waals surface area (Å²) in [5.41, 5.74) is 0.697. The first-order valence-corrected chi connectivity index (χ1v) is 8.43. The van der Waals surface area contributed by atoms with Crippen molar-refractivity contribution in [2.75, 3.05) is 12.4 Å². The van der Waals surface area contributed by atoms with Gasteiger partial charge in [0.25, 0.3) is 0 Å². The largest absolute Gasteiger partial charge is 0.497 e. The minimum atomic E-state index is -1.00. The van der Waals surface area contributed by atoms with Crippen molar-refractivity contribution in [3.05, 3.63) is 71.1 Å². The second-order valence-electron chi connectivity index (χ2n) is 5.93. The third-order valence-electron chi connectivity index (χ3n) is 4.22. The van der Waals surface area contributed by atoms with Crippen LogP contribution in [0.25, 0.3) is 0 Å². The molecule has 27 heavy (non-hydrogen) atoms. The van der Waals surface area contributed by atoms with E-state index >= 15 is 0 Å². The maximum atomic E-state index is 14.4. The Labute approximate surface area is 160 Å². The fourth-order valence-electron chi connectivity index (χ4n) is 2.94. The fourth-order valence-corrected chi connectivity index (χ4v) is 3.22. The Hall–Kier alpha value is -3.06. The number of rotatable bonds is 4. The zero-order valence-electron chi connectivity index (χ0n) is 14.4. The molecule has 0 aliphatic carbocycles. The van der Waals surface area contributed by atoms with E-state index in [-0.39, 0.29) is 16.3 Å². The lowest BCUT2D eigenvalue weighted by Crippen LogP contribution is -2.52. The highest BCUT2D eigenvalue weighted by Crippen LogP contribution is 2.35. The van der Waals surface area contributed by atoms with E-state index in [9.17, 15) is 14.0 Å². The molecule has 0 aromatic heterocycles. The van der Waals surface area contributed by atoms with Gasteiger partial charge in [-0.1, -0.05) is 24.2 Å². The van der Waals surface area contributed by atoms with Crippen molar-refractivity contribution in [2.45, 2.75) is 6.04 Å². The number of amides is 3. The van der Waals surface area contributed by atoms with Crippen molar-refractivity contribution in [1.29, 1.82) is 0 Å². The molecule has 0 spiro atoms. The number of carbonyl (C=O) groups is 2. The normalized spacial score (nSPS) is 19.1. The van der Waals surface area contributed by atoms with E-state index in [4.69, 9.17) is 16.3 Å². The van der Waals surface area contributed by atoms with Gasteiger partial charge in [0.05, 0.1) is 13.2 Å². The van der Waals surface area contributed by atoms with Crippen molar-refractivity contribution in [1.82, 2.24) is 10.6 Å². The van der Waals surface area contributed by atoms with Gasteiger partial charge in [0.2, 0.25) is 5.91 Å². The van der Waals surface area contributed by atoms with Crippen LogP contribution in [0.3, 0.4) is 0 Å². The molecule has 0 radical (unpaired) electrons. The van der Waals surface area contributed by atoms with Crippen LogP contribution in [0.5, 0.6) is 5.75 Å². The Morgan fingerprint density at radius 1 is 1.26 bits per heavy atom. The van der Waals surface area contributed by atoms with Crippen molar-refractivity contribution < 1.29 is 18.7 Å². The SMILES string of the molecule is C=C1NC(=O)N[C@@H](c2c(F)cccc2Cl)[C@@H]1C(=O)Nc1ccc(OC)cc1. The predicted octanol–water partition coefficient (Wildman–Crippen LogP) is 3.61. The first kappa shape index (κ1) is 18.7. The van der Waals surface area contributed by atoms with Crippen LogP contribution in [0.4, 0.5) is 14.9 Å². The summed E-state index contributed by atoms with van der Waals surface area (Å²) in [5, 5.41) is 7.87. The number of ether oxygens (including phenoxy) is 1. The van der Waals surface area contributed by atoms with Gasteiger partial charge in [-0.2, -0.15) is 0 Å². The Morgan fingerprint density at radius 3 is 2.59 bits per heavy atom. The van der Waals surface area contributed by atoms with Gasteiger partial charge in [-0.25, -0.2) is 9.18 Å². The zero-order chi connectivity index (χ0) is 19.6. The van der Waals surface area contributed by atoms with Crippen LogP contribution in [0.15, 0.2) is 54.7 Å². The highest BCUT2D eigenvalue weighted by molar-refractivity contribution is 6.31. The number of hydrogen-bond donors (Lipinski definition) is 3. The molecule has 3 amide bonds. The Bertz CT molecular complexity index is 881. The van der Waals surface area contributed by atoms with Crippen LogP contribution in [0, 0.1) is 11.7 Å². The molecule has 140 valence electrons. The average molecular weight is 390 g/mol. The van der Waals surface area contributed by atoms with Gasteiger partial charge in [-0.3, -0.25) is 4.79 Å². The molecule has 1 heterocycles. The maximum absolute atomic E-state index is 14.4. The van der Waals surface area contributed by atoms with Crippen LogP contribution in [-0.4, -0.2) is 19.0 Å². The Kier molecular flexibility index (Phi) is 5.32. The number of urea groups is 1. The minimum absolute atomic E-state index is 0.0325. The summed E-state index contributed by atoms with van der Waals surface area (Å²) in [6, 6.07) is 9.29. The van der Waals surface area contributed by atoms with Crippen LogP contribution >= 0.6 is 11.6 Å². The molecular formula is C19H17ClFN3O3. The number of nitrogens with one attached hydrogen (secondary N) is 3. The van der Waals surface area contributed by atoms with Gasteiger partial charge in [0, 0.05) is 22.0 Å². The molecule has 2 aromatic rings. The topological polar surface area (TPSA) is 79.5 Å². The zero-order valence-corrected chi connectivity index (χ0v) is 15.1. The third-order valence-corrected chi connectivity index (χ3v) is 4.55. The lowest BCUT2D eigenvalue weighted by atomic mass is 9.87. The maximum Gasteiger partial charge on any atom is 0.319 e. The van der Waals surface area contributed by atoms with E-state index in [0.29, 0.717) is 11.4 Å². The summed E-state index contributed by atoms with van der Waals surface area (Å²) >= 11 is 6.13. The summed E-state index contributed by atoms with van der Waals surface area (Å²) in [6.45, 7) is 3.75. The molecule has 1 aliphatic heterocycles. The van der Waals surface area contributed by atoms with Crippen LogP contribution in [0.1, 0.15) is 11.6 Å². The first-order valence-electron chi connectivity index (χ1n) is 8.06. The van der Waals surface area contributed by atoms with Gasteiger partial charge >= 0.3 is 6.03 Å². The molecule has 0 bridgehead atoms. The van der Waals surface area contributed by atoms with E-state index in [0.717, 1.165) is 0 Å². The molecule has 8 heteroatoms. The minimum Gasteiger partial charge on any atom is -0.497 e. The lowest BCUT2D eigenvalue weighted by molar-refractivity contribution is -0.119. The molecule has 2 atom stereocenters. The van der Waals surface area contributed by atoms with E-state index in [2.05, 4.69) is 22.5 Å².